The molecule has 1 unspecified atom stereocenters. The molecule has 0 N–H and O–H groups in total. The van der Waals surface area contributed by atoms with Crippen molar-refractivity contribution in [3.05, 3.63) is 35.6 Å². The Bertz CT molecular complexity index is 514. The Morgan fingerprint density at radius 2 is 1.70 bits per heavy atom. The molecule has 0 aliphatic heterocycles. The molecule has 0 radical (unpaired) electrons. The average molecular weight is 302 g/mol. The molecule has 0 aliphatic carbocycles. The zero-order valence-electron chi connectivity index (χ0n) is 12.5. The Morgan fingerprint density at radius 3 is 2.20 bits per heavy atom. The summed E-state index contributed by atoms with van der Waals surface area (Å²) in [5, 5.41) is 0. The van der Waals surface area contributed by atoms with Gasteiger partial charge < -0.3 is 4.90 Å². The topological polar surface area (TPSA) is 40.6 Å². The van der Waals surface area contributed by atoms with Crippen LogP contribution in [0.15, 0.2) is 24.3 Å². The van der Waals surface area contributed by atoms with Crippen LogP contribution in [0.2, 0.25) is 0 Å². The minimum Gasteiger partial charge on any atom is -0.309 e. The van der Waals surface area contributed by atoms with Gasteiger partial charge in [-0.2, -0.15) is 4.31 Å². The van der Waals surface area contributed by atoms with Crippen LogP contribution in [0.1, 0.15) is 24.9 Å². The largest absolute Gasteiger partial charge is 0.309 e. The third kappa shape index (κ3) is 4.85. The maximum absolute atomic E-state index is 12.9. The Hall–Kier alpha value is -0.980. The summed E-state index contributed by atoms with van der Waals surface area (Å²) in [6.07, 6.45) is 0.593. The van der Waals surface area contributed by atoms with E-state index in [1.807, 2.05) is 19.0 Å². The number of hydrogen-bond donors (Lipinski definition) is 0. The van der Waals surface area contributed by atoms with Gasteiger partial charge >= 0.3 is 0 Å². The van der Waals surface area contributed by atoms with Gasteiger partial charge in [0.15, 0.2) is 0 Å². The van der Waals surface area contributed by atoms with Crippen LogP contribution in [-0.2, 0) is 10.0 Å². The molecule has 0 aromatic heterocycles. The second kappa shape index (κ2) is 7.15. The summed E-state index contributed by atoms with van der Waals surface area (Å²) in [4.78, 5) is 1.96. The summed E-state index contributed by atoms with van der Waals surface area (Å²) in [6.45, 7) is 2.54. The Kier molecular flexibility index (Phi) is 6.10. The summed E-state index contributed by atoms with van der Waals surface area (Å²) in [7, 11) is 2.10. The number of sulfonamides is 1. The number of rotatable bonds is 7. The standard InChI is InChI=1S/C14H23FN2O2S/c1-12(13-6-8-14(15)9-7-13)17(4)20(18,19)11-5-10-16(2)3/h6-9,12H,5,10-11H2,1-4H3. The van der Waals surface area contributed by atoms with Crippen molar-refractivity contribution in [3.8, 4) is 0 Å². The minimum atomic E-state index is -3.30. The van der Waals surface area contributed by atoms with Gasteiger partial charge in [-0.15, -0.1) is 0 Å². The lowest BCUT2D eigenvalue weighted by Crippen LogP contribution is -2.32. The number of nitrogens with zero attached hydrogens (tertiary/aromatic N) is 2. The van der Waals surface area contributed by atoms with Crippen molar-refractivity contribution in [3.63, 3.8) is 0 Å². The van der Waals surface area contributed by atoms with E-state index in [1.165, 1.54) is 16.4 Å². The van der Waals surface area contributed by atoms with Crippen LogP contribution in [0.25, 0.3) is 0 Å². The molecule has 6 heteroatoms. The lowest BCUT2D eigenvalue weighted by molar-refractivity contribution is 0.386. The van der Waals surface area contributed by atoms with Crippen molar-refractivity contribution >= 4 is 10.0 Å². The number of benzene rings is 1. The fourth-order valence-corrected chi connectivity index (χ4v) is 3.28. The highest BCUT2D eigenvalue weighted by Crippen LogP contribution is 2.22. The lowest BCUT2D eigenvalue weighted by Gasteiger charge is -2.25. The molecule has 0 aliphatic rings. The molecule has 0 heterocycles. The molecule has 1 aromatic rings. The molecule has 1 atom stereocenters. The average Bonchev–Trinajstić information content (AvgIpc) is 2.37. The van der Waals surface area contributed by atoms with Gasteiger partial charge in [0.05, 0.1) is 5.75 Å². The van der Waals surface area contributed by atoms with Crippen molar-refractivity contribution < 1.29 is 12.8 Å². The summed E-state index contributed by atoms with van der Waals surface area (Å²) < 4.78 is 38.7. The van der Waals surface area contributed by atoms with Gasteiger partial charge in [0.1, 0.15) is 5.82 Å². The smallest absolute Gasteiger partial charge is 0.214 e. The van der Waals surface area contributed by atoms with Crippen LogP contribution < -0.4 is 0 Å². The van der Waals surface area contributed by atoms with Gasteiger partial charge in [0, 0.05) is 13.1 Å². The second-order valence-electron chi connectivity index (χ2n) is 5.22. The number of halogens is 1. The van der Waals surface area contributed by atoms with Crippen LogP contribution in [0.3, 0.4) is 0 Å². The first-order valence-electron chi connectivity index (χ1n) is 6.60. The number of hydrogen-bond acceptors (Lipinski definition) is 3. The molecule has 0 fully saturated rings. The van der Waals surface area contributed by atoms with E-state index in [4.69, 9.17) is 0 Å². The first-order chi connectivity index (χ1) is 9.24. The molecule has 114 valence electrons. The highest BCUT2D eigenvalue weighted by molar-refractivity contribution is 7.89. The molecule has 4 nitrogen and oxygen atoms in total. The molecule has 0 spiro atoms. The fourth-order valence-electron chi connectivity index (χ4n) is 1.90. The van der Waals surface area contributed by atoms with Crippen LogP contribution in [0, 0.1) is 5.82 Å². The van der Waals surface area contributed by atoms with E-state index in [0.29, 0.717) is 6.42 Å². The van der Waals surface area contributed by atoms with E-state index in [2.05, 4.69) is 0 Å². The van der Waals surface area contributed by atoms with E-state index in [1.54, 1.807) is 26.1 Å². The van der Waals surface area contributed by atoms with E-state index >= 15 is 0 Å². The lowest BCUT2D eigenvalue weighted by atomic mass is 10.1. The highest BCUT2D eigenvalue weighted by Gasteiger charge is 2.23. The molecular weight excluding hydrogens is 279 g/mol. The molecule has 0 saturated carbocycles. The summed E-state index contributed by atoms with van der Waals surface area (Å²) in [5.74, 6) is -0.204. The zero-order valence-corrected chi connectivity index (χ0v) is 13.3. The molecular formula is C14H23FN2O2S. The molecule has 1 rings (SSSR count). The molecule has 0 saturated heterocycles. The first kappa shape index (κ1) is 17.1. The minimum absolute atomic E-state index is 0.118. The molecule has 20 heavy (non-hydrogen) atoms. The SMILES string of the molecule is CC(c1ccc(F)cc1)N(C)S(=O)(=O)CCCN(C)C. The Balaban J connectivity index is 2.71. The third-order valence-electron chi connectivity index (χ3n) is 3.34. The monoisotopic (exact) mass is 302 g/mol. The van der Waals surface area contributed by atoms with Crippen molar-refractivity contribution in [2.45, 2.75) is 19.4 Å². The predicted molar refractivity (Wildman–Crippen MR) is 79.5 cm³/mol. The maximum atomic E-state index is 12.9. The van der Waals surface area contributed by atoms with E-state index < -0.39 is 10.0 Å². The van der Waals surface area contributed by atoms with Gasteiger partial charge in [-0.3, -0.25) is 0 Å². The molecule has 1 aromatic carbocycles. The Morgan fingerprint density at radius 1 is 1.15 bits per heavy atom. The maximum Gasteiger partial charge on any atom is 0.214 e. The predicted octanol–water partition coefficient (Wildman–Crippen LogP) is 2.10. The third-order valence-corrected chi connectivity index (χ3v) is 5.34. The van der Waals surface area contributed by atoms with E-state index in [-0.39, 0.29) is 17.6 Å². The summed E-state index contributed by atoms with van der Waals surface area (Å²) in [5.41, 5.74) is 0.782. The molecule has 0 amide bonds. The summed E-state index contributed by atoms with van der Waals surface area (Å²) in [6, 6.07) is 5.62. The normalized spacial score (nSPS) is 13.9. The highest BCUT2D eigenvalue weighted by atomic mass is 32.2. The zero-order chi connectivity index (χ0) is 15.3. The van der Waals surface area contributed by atoms with Gasteiger partial charge in [-0.25, -0.2) is 12.8 Å². The Labute approximate surface area is 121 Å². The van der Waals surface area contributed by atoms with Crippen LogP contribution in [0.5, 0.6) is 0 Å². The van der Waals surface area contributed by atoms with Crippen molar-refractivity contribution in [1.29, 1.82) is 0 Å². The van der Waals surface area contributed by atoms with Crippen molar-refractivity contribution in [2.24, 2.45) is 0 Å². The quantitative estimate of drug-likeness (QED) is 0.774. The van der Waals surface area contributed by atoms with Gasteiger partial charge in [0.25, 0.3) is 0 Å². The van der Waals surface area contributed by atoms with E-state index in [9.17, 15) is 12.8 Å². The van der Waals surface area contributed by atoms with Crippen molar-refractivity contribution in [1.82, 2.24) is 9.21 Å². The van der Waals surface area contributed by atoms with Gasteiger partial charge in [0.2, 0.25) is 10.0 Å². The first-order valence-corrected chi connectivity index (χ1v) is 8.21. The van der Waals surface area contributed by atoms with Crippen LogP contribution >= 0.6 is 0 Å². The van der Waals surface area contributed by atoms with Gasteiger partial charge in [-0.1, -0.05) is 12.1 Å². The summed E-state index contributed by atoms with van der Waals surface area (Å²) >= 11 is 0. The van der Waals surface area contributed by atoms with Crippen LogP contribution in [-0.4, -0.2) is 51.1 Å². The molecule has 0 bridgehead atoms. The van der Waals surface area contributed by atoms with Crippen LogP contribution in [0.4, 0.5) is 4.39 Å². The van der Waals surface area contributed by atoms with Gasteiger partial charge in [-0.05, 0) is 51.7 Å². The van der Waals surface area contributed by atoms with Crippen molar-refractivity contribution in [2.75, 3.05) is 33.4 Å². The fraction of sp³-hybridized carbons (Fsp3) is 0.571. The van der Waals surface area contributed by atoms with E-state index in [0.717, 1.165) is 12.1 Å². The second-order valence-corrected chi connectivity index (χ2v) is 7.36.